The fourth-order valence-electron chi connectivity index (χ4n) is 5.79. The van der Waals surface area contributed by atoms with E-state index in [2.05, 4.69) is 6.08 Å². The Labute approximate surface area is 262 Å². The molecule has 0 spiro atoms. The third kappa shape index (κ3) is 7.06. The van der Waals surface area contributed by atoms with Crippen molar-refractivity contribution in [1.29, 1.82) is 0 Å². The fourth-order valence-corrected chi connectivity index (χ4v) is 5.79. The highest BCUT2D eigenvalue weighted by Gasteiger charge is 2.52. The molecule has 0 aliphatic heterocycles. The highest BCUT2D eigenvalue weighted by Crippen LogP contribution is 2.47. The molecule has 0 bridgehead atoms. The molecule has 236 valence electrons. The van der Waals surface area contributed by atoms with Crippen LogP contribution in [0.2, 0.25) is 0 Å². The summed E-state index contributed by atoms with van der Waals surface area (Å²) < 4.78 is 6.49. The van der Waals surface area contributed by atoms with Crippen LogP contribution in [0, 0.1) is 0 Å². The van der Waals surface area contributed by atoms with Crippen molar-refractivity contribution in [1.82, 2.24) is 0 Å². The second-order valence-electron chi connectivity index (χ2n) is 13.3. The Morgan fingerprint density at radius 3 is 1.70 bits per heavy atom. The summed E-state index contributed by atoms with van der Waals surface area (Å²) in [5, 5.41) is 22.2. The van der Waals surface area contributed by atoms with Crippen molar-refractivity contribution in [3.05, 3.63) is 103 Å². The van der Waals surface area contributed by atoms with Crippen LogP contribution in [-0.4, -0.2) is 21.8 Å². The Hall–Kier alpha value is -3.93. The van der Waals surface area contributed by atoms with Crippen LogP contribution in [0.4, 0.5) is 0 Å². The van der Waals surface area contributed by atoms with E-state index in [-0.39, 0.29) is 54.1 Å². The van der Waals surface area contributed by atoms with Gasteiger partial charge in [0, 0.05) is 12.2 Å². The minimum absolute atomic E-state index is 0.0462. The lowest BCUT2D eigenvalue weighted by atomic mass is 9.65. The molecule has 0 aromatic carbocycles. The van der Waals surface area contributed by atoms with E-state index in [1.54, 1.807) is 0 Å². The van der Waals surface area contributed by atoms with Gasteiger partial charge in [-0.25, -0.2) is 0 Å². The van der Waals surface area contributed by atoms with Gasteiger partial charge in [0.2, 0.25) is 11.2 Å². The average molecular weight is 601 g/mol. The number of aliphatic hydroxyl groups is 2. The van der Waals surface area contributed by atoms with E-state index in [9.17, 15) is 24.6 Å². The van der Waals surface area contributed by atoms with Gasteiger partial charge >= 0.3 is 0 Å². The van der Waals surface area contributed by atoms with E-state index in [1.807, 2.05) is 86.6 Å². The van der Waals surface area contributed by atoms with E-state index < -0.39 is 33.6 Å². The van der Waals surface area contributed by atoms with Crippen LogP contribution in [-0.2, 0) is 20.4 Å². The number of hydrogen-bond acceptors (Lipinski definition) is 6. The third-order valence-electron chi connectivity index (χ3n) is 8.45. The number of rotatable bonds is 11. The van der Waals surface area contributed by atoms with E-state index in [0.717, 1.165) is 41.2 Å². The summed E-state index contributed by atoms with van der Waals surface area (Å²) in [5.74, 6) is -1.80. The molecule has 1 aromatic rings. The molecule has 1 atom stereocenters. The molecule has 0 saturated heterocycles. The monoisotopic (exact) mass is 600 g/mol. The number of fused-ring (bicyclic) bond motifs is 2. The number of allylic oxidation sites excluding steroid dienone is 12. The Bertz CT molecular complexity index is 1580. The van der Waals surface area contributed by atoms with Crippen molar-refractivity contribution in [3.8, 4) is 0 Å². The molecule has 2 aliphatic carbocycles. The zero-order valence-electron chi connectivity index (χ0n) is 27.8. The number of carbonyl (C=O) groups excluding carboxylic acids is 2. The molecule has 0 radical (unpaired) electrons. The minimum Gasteiger partial charge on any atom is -0.507 e. The van der Waals surface area contributed by atoms with Gasteiger partial charge in [0.15, 0.2) is 11.5 Å². The van der Waals surface area contributed by atoms with Crippen LogP contribution in [0.3, 0.4) is 0 Å². The number of ketones is 2. The summed E-state index contributed by atoms with van der Waals surface area (Å²) in [6, 6.07) is 0. The minimum atomic E-state index is -1.46. The predicted molar refractivity (Wildman–Crippen MR) is 179 cm³/mol. The van der Waals surface area contributed by atoms with Gasteiger partial charge in [0.05, 0.1) is 16.4 Å². The van der Waals surface area contributed by atoms with E-state index in [1.165, 1.54) is 11.6 Å². The molecule has 0 amide bonds. The molecule has 6 heteroatoms. The van der Waals surface area contributed by atoms with Crippen LogP contribution >= 0.6 is 0 Å². The standard InChI is InChI=1S/C38H48O6/c1-23(2)11-10-12-27(9)16-20-38(19-15-26(7)8)33-30(21-29(40)35(38)43)44-36-32(34(33)42)28(39)22-31(41)37(36,17-13-24(3)4)18-14-25(5)6/h11,13-16,21-22,39-40H,10,12,17-20H2,1-9H3. The topological polar surface area (TPSA) is 105 Å². The summed E-state index contributed by atoms with van der Waals surface area (Å²) in [6.07, 6.45) is 14.6. The van der Waals surface area contributed by atoms with Crippen molar-refractivity contribution in [2.45, 2.75) is 112 Å². The first kappa shape index (κ1) is 34.6. The Morgan fingerprint density at radius 2 is 1.18 bits per heavy atom. The molecule has 2 aliphatic rings. The second-order valence-corrected chi connectivity index (χ2v) is 13.3. The molecule has 1 unspecified atom stereocenters. The first-order valence-corrected chi connectivity index (χ1v) is 15.4. The third-order valence-corrected chi connectivity index (χ3v) is 8.45. The van der Waals surface area contributed by atoms with E-state index in [0.29, 0.717) is 0 Å². The van der Waals surface area contributed by atoms with E-state index >= 15 is 0 Å². The van der Waals surface area contributed by atoms with Crippen molar-refractivity contribution in [2.75, 3.05) is 0 Å². The molecule has 2 N–H and O–H groups in total. The highest BCUT2D eigenvalue weighted by molar-refractivity contribution is 6.09. The molecule has 6 nitrogen and oxygen atoms in total. The number of Topliss-reactive ketones (excluding diaryl/α,β-unsaturated/α-hetero) is 1. The lowest BCUT2D eigenvalue weighted by molar-refractivity contribution is -0.124. The van der Waals surface area contributed by atoms with Crippen molar-refractivity contribution >= 4 is 23.4 Å². The van der Waals surface area contributed by atoms with Crippen molar-refractivity contribution < 1.29 is 24.2 Å². The van der Waals surface area contributed by atoms with Crippen LogP contribution in [0.5, 0.6) is 0 Å². The first-order valence-electron chi connectivity index (χ1n) is 15.4. The molecular formula is C38H48O6. The van der Waals surface area contributed by atoms with Crippen LogP contribution in [0.1, 0.15) is 123 Å². The Kier molecular flexibility index (Phi) is 10.8. The van der Waals surface area contributed by atoms with Gasteiger partial charge in [-0.1, -0.05) is 58.2 Å². The maximum absolute atomic E-state index is 14.6. The van der Waals surface area contributed by atoms with Gasteiger partial charge < -0.3 is 14.6 Å². The largest absolute Gasteiger partial charge is 0.507 e. The second kappa shape index (κ2) is 13.8. The summed E-state index contributed by atoms with van der Waals surface area (Å²) in [5.41, 5.74) is 1.92. The van der Waals surface area contributed by atoms with Gasteiger partial charge in [0.25, 0.3) is 0 Å². The van der Waals surface area contributed by atoms with Gasteiger partial charge in [0.1, 0.15) is 22.8 Å². The predicted octanol–water partition coefficient (Wildman–Crippen LogP) is 9.23. The molecule has 0 saturated carbocycles. The molecule has 1 heterocycles. The van der Waals surface area contributed by atoms with Gasteiger partial charge in [-0.3, -0.25) is 14.4 Å². The maximum Gasteiger partial charge on any atom is 0.208 e. The van der Waals surface area contributed by atoms with Crippen LogP contribution < -0.4 is 5.43 Å². The molecular weight excluding hydrogens is 552 g/mol. The maximum atomic E-state index is 14.6. The molecule has 1 aromatic heterocycles. The number of aliphatic hydroxyl groups excluding tert-OH is 2. The smallest absolute Gasteiger partial charge is 0.208 e. The molecule has 0 fully saturated rings. The van der Waals surface area contributed by atoms with Crippen LogP contribution in [0.25, 0.3) is 11.8 Å². The summed E-state index contributed by atoms with van der Waals surface area (Å²) in [6.45, 7) is 17.6. The fraction of sp³-hybridized carbons (Fsp3) is 0.447. The number of carbonyl (C=O) groups is 2. The van der Waals surface area contributed by atoms with Gasteiger partial charge in [-0.05, 0) is 101 Å². The Balaban J connectivity index is 2.39. The average Bonchev–Trinajstić information content (AvgIpc) is 2.92. The SMILES string of the molecule is CC(C)=CCCC(C)=CCC1(CC=C(C)C)C(=O)C(O)=Cc2oc3c(c(=O)c21)C(O)=CC(=O)C3(CC=C(C)C)CC=C(C)C. The lowest BCUT2D eigenvalue weighted by Crippen LogP contribution is -2.46. The van der Waals surface area contributed by atoms with E-state index in [4.69, 9.17) is 4.42 Å². The number of hydrogen-bond donors (Lipinski definition) is 2. The van der Waals surface area contributed by atoms with Crippen molar-refractivity contribution in [2.24, 2.45) is 0 Å². The normalized spacial score (nSPS) is 18.8. The zero-order chi connectivity index (χ0) is 33.0. The quantitative estimate of drug-likeness (QED) is 0.245. The summed E-state index contributed by atoms with van der Waals surface area (Å²) in [4.78, 5) is 42.3. The molecule has 3 rings (SSSR count). The molecule has 44 heavy (non-hydrogen) atoms. The Morgan fingerprint density at radius 1 is 0.682 bits per heavy atom. The lowest BCUT2D eigenvalue weighted by Gasteiger charge is -2.37. The zero-order valence-corrected chi connectivity index (χ0v) is 27.8. The first-order chi connectivity index (χ1) is 20.6. The van der Waals surface area contributed by atoms with Crippen molar-refractivity contribution in [3.63, 3.8) is 0 Å². The van der Waals surface area contributed by atoms with Crippen LogP contribution in [0.15, 0.2) is 79.3 Å². The summed E-state index contributed by atoms with van der Waals surface area (Å²) >= 11 is 0. The highest BCUT2D eigenvalue weighted by atomic mass is 16.3. The van der Waals surface area contributed by atoms with Gasteiger partial charge in [-0.15, -0.1) is 0 Å². The van der Waals surface area contributed by atoms with Gasteiger partial charge in [-0.2, -0.15) is 0 Å². The summed E-state index contributed by atoms with van der Waals surface area (Å²) in [7, 11) is 0.